The first-order chi connectivity index (χ1) is 13.1. The van der Waals surface area contributed by atoms with E-state index in [0.29, 0.717) is 31.2 Å². The van der Waals surface area contributed by atoms with Crippen LogP contribution >= 0.6 is 0 Å². The minimum absolute atomic E-state index is 0.252. The summed E-state index contributed by atoms with van der Waals surface area (Å²) < 4.78 is 24.2. The number of hydrogen-bond donors (Lipinski definition) is 2. The second kappa shape index (κ2) is 10.2. The Hall–Kier alpha value is -3.02. The molecule has 0 amide bonds. The third-order valence-electron chi connectivity index (χ3n) is 4.01. The smallest absolute Gasteiger partial charge is 0.191 e. The van der Waals surface area contributed by atoms with Crippen molar-refractivity contribution in [1.29, 1.82) is 0 Å². The van der Waals surface area contributed by atoms with Crippen molar-refractivity contribution in [2.75, 3.05) is 21.3 Å². The van der Waals surface area contributed by atoms with Gasteiger partial charge in [-0.15, -0.1) is 6.58 Å². The minimum Gasteiger partial charge on any atom is -0.493 e. The monoisotopic (exact) mass is 371 g/mol. The van der Waals surface area contributed by atoms with Crippen LogP contribution in [0.15, 0.2) is 54.0 Å². The Kier molecular flexibility index (Phi) is 7.67. The average molecular weight is 371 g/mol. The lowest BCUT2D eigenvalue weighted by Crippen LogP contribution is -2.36. The molecule has 0 aliphatic heterocycles. The molecule has 6 heteroatoms. The normalized spacial score (nSPS) is 11.0. The summed E-state index contributed by atoms with van der Waals surface area (Å²) in [4.78, 5) is 4.20. The van der Waals surface area contributed by atoms with Crippen molar-refractivity contribution >= 4 is 5.96 Å². The summed E-state index contributed by atoms with van der Waals surface area (Å²) in [6.07, 6.45) is 2.51. The number of ether oxygens (including phenoxy) is 2. The molecular formula is C21H26FN3O2. The van der Waals surface area contributed by atoms with Crippen molar-refractivity contribution in [3.63, 3.8) is 0 Å². The van der Waals surface area contributed by atoms with E-state index in [-0.39, 0.29) is 5.82 Å². The number of rotatable bonds is 8. The van der Waals surface area contributed by atoms with Gasteiger partial charge in [-0.3, -0.25) is 4.99 Å². The largest absolute Gasteiger partial charge is 0.493 e. The number of guanidine groups is 1. The van der Waals surface area contributed by atoms with E-state index < -0.39 is 0 Å². The lowest BCUT2D eigenvalue weighted by Gasteiger charge is -2.16. The van der Waals surface area contributed by atoms with Crippen LogP contribution in [0.5, 0.6) is 11.5 Å². The minimum atomic E-state index is -0.252. The van der Waals surface area contributed by atoms with E-state index in [4.69, 9.17) is 9.47 Å². The van der Waals surface area contributed by atoms with Crippen LogP contribution in [0.3, 0.4) is 0 Å². The molecule has 0 fully saturated rings. The van der Waals surface area contributed by atoms with Gasteiger partial charge in [0.05, 0.1) is 14.2 Å². The van der Waals surface area contributed by atoms with Gasteiger partial charge in [0.15, 0.2) is 17.5 Å². The van der Waals surface area contributed by atoms with E-state index >= 15 is 0 Å². The van der Waals surface area contributed by atoms with Gasteiger partial charge in [-0.1, -0.05) is 18.2 Å². The Morgan fingerprint density at radius 2 is 1.85 bits per heavy atom. The van der Waals surface area contributed by atoms with E-state index in [1.165, 1.54) is 12.1 Å². The first-order valence-corrected chi connectivity index (χ1v) is 8.64. The molecule has 0 aliphatic carbocycles. The van der Waals surface area contributed by atoms with Crippen LogP contribution in [0.25, 0.3) is 0 Å². The van der Waals surface area contributed by atoms with Crippen molar-refractivity contribution in [2.45, 2.75) is 19.5 Å². The van der Waals surface area contributed by atoms with E-state index in [9.17, 15) is 4.39 Å². The molecule has 0 saturated heterocycles. The van der Waals surface area contributed by atoms with Crippen LogP contribution in [-0.4, -0.2) is 27.2 Å². The zero-order chi connectivity index (χ0) is 19.6. The molecule has 0 radical (unpaired) electrons. The third kappa shape index (κ3) is 5.74. The summed E-state index contributed by atoms with van der Waals surface area (Å²) in [7, 11) is 4.94. The number of aliphatic imine (C=N–C) groups is 1. The van der Waals surface area contributed by atoms with Gasteiger partial charge in [-0.05, 0) is 41.8 Å². The van der Waals surface area contributed by atoms with Crippen molar-refractivity contribution in [1.82, 2.24) is 10.6 Å². The molecule has 0 spiro atoms. The predicted molar refractivity (Wildman–Crippen MR) is 107 cm³/mol. The molecule has 0 saturated carbocycles. The maximum absolute atomic E-state index is 13.3. The molecule has 0 aromatic heterocycles. The molecule has 0 atom stereocenters. The molecule has 0 unspecified atom stereocenters. The van der Waals surface area contributed by atoms with Gasteiger partial charge in [-0.25, -0.2) is 4.39 Å². The fourth-order valence-corrected chi connectivity index (χ4v) is 2.75. The summed E-state index contributed by atoms with van der Waals surface area (Å²) in [5, 5.41) is 6.43. The van der Waals surface area contributed by atoms with Gasteiger partial charge < -0.3 is 20.1 Å². The van der Waals surface area contributed by atoms with Gasteiger partial charge in [0, 0.05) is 25.7 Å². The molecule has 144 valence electrons. The first-order valence-electron chi connectivity index (χ1n) is 8.64. The summed E-state index contributed by atoms with van der Waals surface area (Å²) in [6.45, 7) is 4.82. The highest BCUT2D eigenvalue weighted by molar-refractivity contribution is 5.79. The second-order valence-electron chi connectivity index (χ2n) is 5.89. The van der Waals surface area contributed by atoms with Gasteiger partial charge in [-0.2, -0.15) is 0 Å². The van der Waals surface area contributed by atoms with Crippen molar-refractivity contribution in [2.24, 2.45) is 4.99 Å². The third-order valence-corrected chi connectivity index (χ3v) is 4.01. The van der Waals surface area contributed by atoms with Crippen molar-refractivity contribution in [3.8, 4) is 11.5 Å². The quantitative estimate of drug-likeness (QED) is 0.424. The predicted octanol–water partition coefficient (Wildman–Crippen LogP) is 3.44. The number of halogens is 1. The Morgan fingerprint density at radius 3 is 2.44 bits per heavy atom. The fraction of sp³-hybridized carbons (Fsp3) is 0.286. The fourth-order valence-electron chi connectivity index (χ4n) is 2.75. The van der Waals surface area contributed by atoms with E-state index in [0.717, 1.165) is 22.4 Å². The molecule has 0 aliphatic rings. The Labute approximate surface area is 159 Å². The molecule has 2 aromatic carbocycles. The van der Waals surface area contributed by atoms with Gasteiger partial charge in [0.1, 0.15) is 5.82 Å². The number of methoxy groups -OCH3 is 2. The molecule has 2 N–H and O–H groups in total. The highest BCUT2D eigenvalue weighted by Gasteiger charge is 2.12. The topological polar surface area (TPSA) is 54.9 Å². The van der Waals surface area contributed by atoms with Gasteiger partial charge in [0.2, 0.25) is 0 Å². The number of benzene rings is 2. The van der Waals surface area contributed by atoms with Crippen molar-refractivity contribution in [3.05, 3.63) is 71.6 Å². The van der Waals surface area contributed by atoms with Gasteiger partial charge >= 0.3 is 0 Å². The SMILES string of the molecule is C=CCc1cc(CNC(=NC)NCc2cccc(F)c2)cc(OC)c1OC. The number of hydrogen-bond acceptors (Lipinski definition) is 3. The average Bonchev–Trinajstić information content (AvgIpc) is 2.68. The van der Waals surface area contributed by atoms with E-state index in [1.54, 1.807) is 27.3 Å². The number of allylic oxidation sites excluding steroid dienone is 1. The molecule has 2 rings (SSSR count). The van der Waals surface area contributed by atoms with E-state index in [1.807, 2.05) is 18.2 Å². The zero-order valence-corrected chi connectivity index (χ0v) is 16.0. The van der Waals surface area contributed by atoms with Crippen molar-refractivity contribution < 1.29 is 13.9 Å². The van der Waals surface area contributed by atoms with Crippen LogP contribution in [0.4, 0.5) is 4.39 Å². The highest BCUT2D eigenvalue weighted by atomic mass is 19.1. The van der Waals surface area contributed by atoms with Crippen LogP contribution in [0.2, 0.25) is 0 Å². The summed E-state index contributed by atoms with van der Waals surface area (Å²) in [5.41, 5.74) is 2.88. The second-order valence-corrected chi connectivity index (χ2v) is 5.89. The molecular weight excluding hydrogens is 345 g/mol. The maximum Gasteiger partial charge on any atom is 0.191 e. The number of nitrogens with zero attached hydrogens (tertiary/aromatic N) is 1. The molecule has 0 bridgehead atoms. The van der Waals surface area contributed by atoms with Crippen LogP contribution in [0.1, 0.15) is 16.7 Å². The first kappa shape index (κ1) is 20.3. The van der Waals surface area contributed by atoms with Crippen LogP contribution in [-0.2, 0) is 19.5 Å². The molecule has 5 nitrogen and oxygen atoms in total. The molecule has 27 heavy (non-hydrogen) atoms. The Bertz CT molecular complexity index is 806. The van der Waals surface area contributed by atoms with Crippen LogP contribution in [0, 0.1) is 5.82 Å². The Balaban J connectivity index is 2.05. The highest BCUT2D eigenvalue weighted by Crippen LogP contribution is 2.33. The standard InChI is InChI=1S/C21H26FN3O2/c1-5-7-17-10-16(12-19(26-3)20(17)27-4)14-25-21(23-2)24-13-15-8-6-9-18(22)11-15/h5-6,8-12H,1,7,13-14H2,2-4H3,(H2,23,24,25). The molecule has 2 aromatic rings. The zero-order valence-electron chi connectivity index (χ0n) is 16.0. The Morgan fingerprint density at radius 1 is 1.11 bits per heavy atom. The lowest BCUT2D eigenvalue weighted by molar-refractivity contribution is 0.352. The summed E-state index contributed by atoms with van der Waals surface area (Å²) in [6, 6.07) is 10.4. The summed E-state index contributed by atoms with van der Waals surface area (Å²) >= 11 is 0. The molecule has 0 heterocycles. The van der Waals surface area contributed by atoms with Gasteiger partial charge in [0.25, 0.3) is 0 Å². The van der Waals surface area contributed by atoms with Crippen LogP contribution < -0.4 is 20.1 Å². The lowest BCUT2D eigenvalue weighted by atomic mass is 10.1. The van der Waals surface area contributed by atoms with E-state index in [2.05, 4.69) is 28.3 Å². The summed E-state index contributed by atoms with van der Waals surface area (Å²) in [5.74, 6) is 1.77. The number of nitrogens with one attached hydrogen (secondary N) is 2. The maximum atomic E-state index is 13.3.